The SMILES string of the molecule is CCNC1CC(C)(C)CCc2c(OC)ccc(Br)c21. The van der Waals surface area contributed by atoms with Gasteiger partial charge in [0.1, 0.15) is 5.75 Å². The van der Waals surface area contributed by atoms with Crippen LogP contribution in [0.15, 0.2) is 16.6 Å². The summed E-state index contributed by atoms with van der Waals surface area (Å²) in [7, 11) is 1.77. The van der Waals surface area contributed by atoms with Gasteiger partial charge in [-0.3, -0.25) is 0 Å². The molecule has 0 aromatic heterocycles. The van der Waals surface area contributed by atoms with Gasteiger partial charge in [-0.25, -0.2) is 0 Å². The number of hydrogen-bond donors (Lipinski definition) is 1. The van der Waals surface area contributed by atoms with Gasteiger partial charge in [-0.05, 0) is 48.9 Å². The van der Waals surface area contributed by atoms with Crippen LogP contribution < -0.4 is 10.1 Å². The molecule has 1 aliphatic carbocycles. The van der Waals surface area contributed by atoms with Crippen molar-refractivity contribution in [3.05, 3.63) is 27.7 Å². The van der Waals surface area contributed by atoms with Crippen molar-refractivity contribution in [2.24, 2.45) is 5.41 Å². The molecule has 0 saturated carbocycles. The van der Waals surface area contributed by atoms with Gasteiger partial charge in [-0.2, -0.15) is 0 Å². The van der Waals surface area contributed by atoms with E-state index in [1.807, 2.05) is 0 Å². The molecule has 0 radical (unpaired) electrons. The van der Waals surface area contributed by atoms with Gasteiger partial charge in [0, 0.05) is 16.1 Å². The van der Waals surface area contributed by atoms with E-state index in [2.05, 4.69) is 54.2 Å². The third-order valence-corrected chi connectivity index (χ3v) is 4.78. The van der Waals surface area contributed by atoms with Crippen molar-refractivity contribution in [3.63, 3.8) is 0 Å². The van der Waals surface area contributed by atoms with E-state index in [-0.39, 0.29) is 0 Å². The summed E-state index contributed by atoms with van der Waals surface area (Å²) in [4.78, 5) is 0. The number of methoxy groups -OCH3 is 1. The highest BCUT2D eigenvalue weighted by Crippen LogP contribution is 2.44. The van der Waals surface area contributed by atoms with Crippen molar-refractivity contribution < 1.29 is 4.74 Å². The fraction of sp³-hybridized carbons (Fsp3) is 0.625. The van der Waals surface area contributed by atoms with E-state index in [9.17, 15) is 0 Å². The zero-order valence-electron chi connectivity index (χ0n) is 12.3. The zero-order valence-corrected chi connectivity index (χ0v) is 13.9. The molecule has 1 aliphatic rings. The van der Waals surface area contributed by atoms with Crippen molar-refractivity contribution in [1.29, 1.82) is 0 Å². The second-order valence-corrected chi connectivity index (χ2v) is 6.97. The van der Waals surface area contributed by atoms with Gasteiger partial charge < -0.3 is 10.1 Å². The highest BCUT2D eigenvalue weighted by atomic mass is 79.9. The quantitative estimate of drug-likeness (QED) is 0.828. The van der Waals surface area contributed by atoms with E-state index in [0.29, 0.717) is 11.5 Å². The molecule has 3 heteroatoms. The van der Waals surface area contributed by atoms with Crippen molar-refractivity contribution in [2.75, 3.05) is 13.7 Å². The Morgan fingerprint density at radius 1 is 1.42 bits per heavy atom. The average molecular weight is 326 g/mol. The fourth-order valence-electron chi connectivity index (χ4n) is 3.08. The van der Waals surface area contributed by atoms with Gasteiger partial charge in [0.15, 0.2) is 0 Å². The van der Waals surface area contributed by atoms with Gasteiger partial charge >= 0.3 is 0 Å². The molecule has 19 heavy (non-hydrogen) atoms. The van der Waals surface area contributed by atoms with Crippen LogP contribution in [-0.4, -0.2) is 13.7 Å². The van der Waals surface area contributed by atoms with Crippen LogP contribution in [0, 0.1) is 5.41 Å². The Morgan fingerprint density at radius 3 is 2.79 bits per heavy atom. The van der Waals surface area contributed by atoms with Crippen LogP contribution in [0.25, 0.3) is 0 Å². The van der Waals surface area contributed by atoms with Crippen LogP contribution in [0.5, 0.6) is 5.75 Å². The van der Waals surface area contributed by atoms with E-state index >= 15 is 0 Å². The second-order valence-electron chi connectivity index (χ2n) is 6.12. The molecular formula is C16H24BrNO. The second kappa shape index (κ2) is 5.84. The van der Waals surface area contributed by atoms with Gasteiger partial charge in [-0.1, -0.05) is 36.7 Å². The Hall–Kier alpha value is -0.540. The molecule has 0 amide bonds. The number of nitrogens with one attached hydrogen (secondary N) is 1. The normalized spacial score (nSPS) is 21.6. The molecule has 0 fully saturated rings. The third-order valence-electron chi connectivity index (χ3n) is 4.09. The number of halogens is 1. The lowest BCUT2D eigenvalue weighted by molar-refractivity contribution is 0.274. The van der Waals surface area contributed by atoms with Crippen LogP contribution in [-0.2, 0) is 6.42 Å². The van der Waals surface area contributed by atoms with Crippen molar-refractivity contribution in [1.82, 2.24) is 5.32 Å². The number of hydrogen-bond acceptors (Lipinski definition) is 2. The van der Waals surface area contributed by atoms with Crippen molar-refractivity contribution in [3.8, 4) is 5.75 Å². The maximum absolute atomic E-state index is 5.57. The first-order chi connectivity index (χ1) is 8.98. The highest BCUT2D eigenvalue weighted by Gasteiger charge is 2.31. The van der Waals surface area contributed by atoms with Gasteiger partial charge in [0.05, 0.1) is 7.11 Å². The molecule has 2 rings (SSSR count). The molecule has 1 aromatic carbocycles. The minimum atomic E-state index is 0.357. The summed E-state index contributed by atoms with van der Waals surface area (Å²) < 4.78 is 6.77. The smallest absolute Gasteiger partial charge is 0.122 e. The average Bonchev–Trinajstić information content (AvgIpc) is 2.48. The minimum absolute atomic E-state index is 0.357. The summed E-state index contributed by atoms with van der Waals surface area (Å²) in [5, 5.41) is 3.64. The Bertz CT molecular complexity index is 456. The summed E-state index contributed by atoms with van der Waals surface area (Å²) in [5.74, 6) is 1.03. The number of benzene rings is 1. The summed E-state index contributed by atoms with van der Waals surface area (Å²) in [6.07, 6.45) is 3.46. The van der Waals surface area contributed by atoms with Gasteiger partial charge in [-0.15, -0.1) is 0 Å². The molecule has 0 heterocycles. The predicted molar refractivity (Wildman–Crippen MR) is 83.8 cm³/mol. The lowest BCUT2D eigenvalue weighted by atomic mass is 9.83. The molecule has 106 valence electrons. The van der Waals surface area contributed by atoms with Crippen molar-refractivity contribution in [2.45, 2.75) is 46.1 Å². The number of fused-ring (bicyclic) bond motifs is 1. The number of ether oxygens (including phenoxy) is 1. The molecule has 1 N–H and O–H groups in total. The van der Waals surface area contributed by atoms with E-state index < -0.39 is 0 Å². The Labute approximate surface area is 125 Å². The standard InChI is InChI=1S/C16H24BrNO/c1-5-18-13-10-16(2,3)9-8-11-14(19-4)7-6-12(17)15(11)13/h6-7,13,18H,5,8-10H2,1-4H3. The Morgan fingerprint density at radius 2 is 2.16 bits per heavy atom. The predicted octanol–water partition coefficient (Wildman–Crippen LogP) is 4.47. The summed E-state index contributed by atoms with van der Waals surface area (Å²) in [5.41, 5.74) is 3.12. The maximum Gasteiger partial charge on any atom is 0.122 e. The highest BCUT2D eigenvalue weighted by molar-refractivity contribution is 9.10. The van der Waals surface area contributed by atoms with Crippen LogP contribution in [0.1, 0.15) is 50.8 Å². The van der Waals surface area contributed by atoms with Crippen LogP contribution >= 0.6 is 15.9 Å². The molecule has 0 saturated heterocycles. The van der Waals surface area contributed by atoms with Gasteiger partial charge in [0.25, 0.3) is 0 Å². The molecular weight excluding hydrogens is 302 g/mol. The lowest BCUT2D eigenvalue weighted by Crippen LogP contribution is -2.26. The van der Waals surface area contributed by atoms with Crippen LogP contribution in [0.4, 0.5) is 0 Å². The fourth-order valence-corrected chi connectivity index (χ4v) is 3.73. The minimum Gasteiger partial charge on any atom is -0.496 e. The largest absolute Gasteiger partial charge is 0.496 e. The molecule has 2 nitrogen and oxygen atoms in total. The summed E-state index contributed by atoms with van der Waals surface area (Å²) in [6, 6.07) is 4.59. The molecule has 1 atom stereocenters. The van der Waals surface area contributed by atoms with E-state index in [1.165, 1.54) is 28.4 Å². The summed E-state index contributed by atoms with van der Waals surface area (Å²) >= 11 is 3.73. The molecule has 0 spiro atoms. The molecule has 1 unspecified atom stereocenters. The monoisotopic (exact) mass is 325 g/mol. The topological polar surface area (TPSA) is 21.3 Å². The van der Waals surface area contributed by atoms with E-state index in [0.717, 1.165) is 18.7 Å². The summed E-state index contributed by atoms with van der Waals surface area (Å²) in [6.45, 7) is 7.89. The lowest BCUT2D eigenvalue weighted by Gasteiger charge is -2.28. The molecule has 1 aromatic rings. The zero-order chi connectivity index (χ0) is 14.0. The first kappa shape index (κ1) is 14.9. The Balaban J connectivity index is 2.52. The van der Waals surface area contributed by atoms with Gasteiger partial charge in [0.2, 0.25) is 0 Å². The van der Waals surface area contributed by atoms with Crippen LogP contribution in [0.2, 0.25) is 0 Å². The molecule has 0 aliphatic heterocycles. The molecule has 0 bridgehead atoms. The Kier molecular flexibility index (Phi) is 4.57. The first-order valence-corrected chi connectivity index (χ1v) is 7.86. The van der Waals surface area contributed by atoms with Crippen molar-refractivity contribution >= 4 is 15.9 Å². The van der Waals surface area contributed by atoms with Crippen LogP contribution in [0.3, 0.4) is 0 Å². The third kappa shape index (κ3) is 3.14. The maximum atomic E-state index is 5.57. The van der Waals surface area contributed by atoms with E-state index in [1.54, 1.807) is 7.11 Å². The first-order valence-electron chi connectivity index (χ1n) is 7.07. The van der Waals surface area contributed by atoms with E-state index in [4.69, 9.17) is 4.74 Å². The number of rotatable bonds is 3.